The van der Waals surface area contributed by atoms with Gasteiger partial charge in [-0.15, -0.1) is 0 Å². The van der Waals surface area contributed by atoms with E-state index in [1.165, 1.54) is 86.0 Å². The van der Waals surface area contributed by atoms with Gasteiger partial charge in [-0.2, -0.15) is 21.9 Å². The Bertz CT molecular complexity index is 1150. The summed E-state index contributed by atoms with van der Waals surface area (Å²) in [7, 11) is 0. The van der Waals surface area contributed by atoms with Crippen molar-refractivity contribution in [2.75, 3.05) is 19.6 Å². The van der Waals surface area contributed by atoms with Crippen LogP contribution in [-0.2, 0) is 0 Å². The van der Waals surface area contributed by atoms with Gasteiger partial charge in [-0.25, -0.2) is 0 Å². The molecule has 0 bridgehead atoms. The first-order chi connectivity index (χ1) is 18.9. The van der Waals surface area contributed by atoms with E-state index in [1.54, 1.807) is 4.90 Å². The van der Waals surface area contributed by atoms with Crippen LogP contribution in [0.3, 0.4) is 0 Å². The molecule has 1 N–H and O–H groups in total. The number of aryl methyl sites for hydroxylation is 8. The van der Waals surface area contributed by atoms with Gasteiger partial charge in [0.2, 0.25) is 0 Å². The standard InChI is InChI=1S/C32H36B.C6H15N/c1-21-9-22(2)14-29(13-21)33(30-15-23(3)10-24(4)16-30,31-17-25(5)11-26(6)18-31)32-19-27(7)12-28(8)20-32;1-4-7(5-2)6-3/h9-20H,1-8H3;4-6H2,1-3H3/q-1;/p+1. The number of rotatable bonds is 7. The molecule has 0 saturated heterocycles. The number of benzene rings is 4. The van der Waals surface area contributed by atoms with E-state index < -0.39 is 6.15 Å². The van der Waals surface area contributed by atoms with Gasteiger partial charge in [-0.05, 0) is 76.2 Å². The second-order valence-electron chi connectivity index (χ2n) is 12.4. The average molecular weight is 534 g/mol. The van der Waals surface area contributed by atoms with Crippen LogP contribution in [-0.4, -0.2) is 25.8 Å². The molecule has 0 amide bonds. The van der Waals surface area contributed by atoms with Gasteiger partial charge in [-0.1, -0.05) is 117 Å². The first-order valence-corrected chi connectivity index (χ1v) is 15.3. The van der Waals surface area contributed by atoms with Crippen LogP contribution in [0.2, 0.25) is 0 Å². The highest BCUT2D eigenvalue weighted by atomic mass is 15.1. The van der Waals surface area contributed by atoms with E-state index in [4.69, 9.17) is 0 Å². The van der Waals surface area contributed by atoms with Crippen molar-refractivity contribution in [3.8, 4) is 0 Å². The van der Waals surface area contributed by atoms with E-state index in [1.807, 2.05) is 0 Å². The molecule has 0 aliphatic heterocycles. The minimum Gasteiger partial charge on any atom is -0.336 e. The molecule has 4 aromatic carbocycles. The van der Waals surface area contributed by atoms with Gasteiger partial charge in [-0.3, -0.25) is 0 Å². The Morgan fingerprint density at radius 2 is 0.525 bits per heavy atom. The molecule has 0 aliphatic carbocycles. The van der Waals surface area contributed by atoms with E-state index >= 15 is 0 Å². The summed E-state index contributed by atoms with van der Waals surface area (Å²) < 4.78 is 0. The van der Waals surface area contributed by atoms with Gasteiger partial charge in [0.1, 0.15) is 6.15 Å². The van der Waals surface area contributed by atoms with Gasteiger partial charge in [0.05, 0.1) is 19.6 Å². The van der Waals surface area contributed by atoms with Crippen LogP contribution in [0.15, 0.2) is 72.8 Å². The summed E-state index contributed by atoms with van der Waals surface area (Å²) in [6, 6.07) is 28.5. The fourth-order valence-corrected chi connectivity index (χ4v) is 6.94. The summed E-state index contributed by atoms with van der Waals surface area (Å²) in [5.41, 5.74) is 16.1. The zero-order valence-corrected chi connectivity index (χ0v) is 27.1. The molecule has 40 heavy (non-hydrogen) atoms. The molecule has 2 heteroatoms. The van der Waals surface area contributed by atoms with E-state index in [-0.39, 0.29) is 0 Å². The molecule has 0 saturated carbocycles. The largest absolute Gasteiger partial charge is 0.336 e. The first kappa shape index (κ1) is 31.4. The van der Waals surface area contributed by atoms with Crippen LogP contribution < -0.4 is 26.8 Å². The molecular weight excluding hydrogens is 481 g/mol. The lowest BCUT2D eigenvalue weighted by Crippen LogP contribution is -3.11. The van der Waals surface area contributed by atoms with Gasteiger partial charge >= 0.3 is 0 Å². The Labute approximate surface area is 245 Å². The Balaban J connectivity index is 0.000000559. The predicted octanol–water partition coefficient (Wildman–Crippen LogP) is 5.46. The number of nitrogens with one attached hydrogen (secondary N) is 1. The maximum atomic E-state index is 2.42. The highest BCUT2D eigenvalue weighted by Gasteiger charge is 2.33. The summed E-state index contributed by atoms with van der Waals surface area (Å²) in [6.07, 6.45) is -1.37. The van der Waals surface area contributed by atoms with Gasteiger partial charge in [0.15, 0.2) is 0 Å². The third kappa shape index (κ3) is 7.15. The normalized spacial score (nSPS) is 11.4. The lowest BCUT2D eigenvalue weighted by molar-refractivity contribution is -0.894. The van der Waals surface area contributed by atoms with Crippen LogP contribution >= 0.6 is 0 Å². The number of hydrogen-bond donors (Lipinski definition) is 1. The minimum atomic E-state index is -1.37. The monoisotopic (exact) mass is 533 g/mol. The molecule has 0 atom stereocenters. The van der Waals surface area contributed by atoms with Gasteiger partial charge < -0.3 is 4.90 Å². The molecule has 0 spiro atoms. The molecule has 4 aromatic rings. The Kier molecular flexibility index (Phi) is 10.6. The topological polar surface area (TPSA) is 4.44 Å². The smallest absolute Gasteiger partial charge is 0.108 e. The Morgan fingerprint density at radius 3 is 0.650 bits per heavy atom. The van der Waals surface area contributed by atoms with Crippen molar-refractivity contribution in [3.63, 3.8) is 0 Å². The van der Waals surface area contributed by atoms with Gasteiger partial charge in [0.25, 0.3) is 0 Å². The van der Waals surface area contributed by atoms with Crippen molar-refractivity contribution in [2.45, 2.75) is 76.2 Å². The van der Waals surface area contributed by atoms with E-state index in [2.05, 4.69) is 149 Å². The lowest BCUT2D eigenvalue weighted by Gasteiger charge is -2.46. The minimum absolute atomic E-state index is 1.27. The molecule has 4 rings (SSSR count). The maximum absolute atomic E-state index is 2.42. The molecule has 1 nitrogen and oxygen atoms in total. The summed E-state index contributed by atoms with van der Waals surface area (Å²) in [5, 5.41) is 0. The van der Waals surface area contributed by atoms with E-state index in [0.717, 1.165) is 0 Å². The number of hydrogen-bond acceptors (Lipinski definition) is 0. The molecule has 0 aliphatic rings. The van der Waals surface area contributed by atoms with Crippen molar-refractivity contribution < 1.29 is 4.90 Å². The van der Waals surface area contributed by atoms with Crippen molar-refractivity contribution >= 4 is 28.0 Å². The van der Waals surface area contributed by atoms with Crippen molar-refractivity contribution in [1.82, 2.24) is 0 Å². The average Bonchev–Trinajstić information content (AvgIpc) is 2.84. The quantitative estimate of drug-likeness (QED) is 0.301. The SMILES string of the molecule is CC[NH+](CC)CC.Cc1cc(C)cc([B-](c2cc(C)cc(C)c2)(c2cc(C)cc(C)c2)c2cc(C)cc(C)c2)c1. The Morgan fingerprint density at radius 1 is 0.350 bits per heavy atom. The van der Waals surface area contributed by atoms with Crippen LogP contribution in [0.5, 0.6) is 0 Å². The molecule has 0 heterocycles. The molecule has 212 valence electrons. The van der Waals surface area contributed by atoms with Gasteiger partial charge in [0, 0.05) is 0 Å². The summed E-state index contributed by atoms with van der Waals surface area (Å²) >= 11 is 0. The second-order valence-corrected chi connectivity index (χ2v) is 12.4. The molecule has 0 radical (unpaired) electrons. The third-order valence-corrected chi connectivity index (χ3v) is 8.48. The van der Waals surface area contributed by atoms with Crippen molar-refractivity contribution in [3.05, 3.63) is 117 Å². The lowest BCUT2D eigenvalue weighted by atomic mass is 9.12. The third-order valence-electron chi connectivity index (χ3n) is 8.48. The zero-order chi connectivity index (χ0) is 29.6. The van der Waals surface area contributed by atoms with Crippen LogP contribution in [0, 0.1) is 55.4 Å². The molecule has 0 fully saturated rings. The van der Waals surface area contributed by atoms with Crippen LogP contribution in [0.1, 0.15) is 65.3 Å². The van der Waals surface area contributed by atoms with Crippen LogP contribution in [0.25, 0.3) is 0 Å². The van der Waals surface area contributed by atoms with Crippen molar-refractivity contribution in [1.29, 1.82) is 0 Å². The molecule has 0 unspecified atom stereocenters. The van der Waals surface area contributed by atoms with Crippen molar-refractivity contribution in [2.24, 2.45) is 0 Å². The summed E-state index contributed by atoms with van der Waals surface area (Å²) in [5.74, 6) is 0. The highest BCUT2D eigenvalue weighted by Crippen LogP contribution is 2.17. The van der Waals surface area contributed by atoms with Crippen LogP contribution in [0.4, 0.5) is 0 Å². The van der Waals surface area contributed by atoms with E-state index in [9.17, 15) is 0 Å². The summed E-state index contributed by atoms with van der Waals surface area (Å²) in [6.45, 7) is 28.3. The molecular formula is C38H52BN. The predicted molar refractivity (Wildman–Crippen MR) is 181 cm³/mol. The first-order valence-electron chi connectivity index (χ1n) is 15.3. The zero-order valence-electron chi connectivity index (χ0n) is 27.1. The second kappa shape index (κ2) is 13.5. The van der Waals surface area contributed by atoms with E-state index in [0.29, 0.717) is 0 Å². The molecule has 0 aromatic heterocycles. The highest BCUT2D eigenvalue weighted by molar-refractivity contribution is 7.20. The fraction of sp³-hybridized carbons (Fsp3) is 0.368. The summed E-state index contributed by atoms with van der Waals surface area (Å²) in [4.78, 5) is 1.68. The Hall–Kier alpha value is -3.10. The maximum Gasteiger partial charge on any atom is 0.108 e. The fourth-order valence-electron chi connectivity index (χ4n) is 6.94. The number of quaternary nitrogens is 1.